The molecular formula is C14H24O7. The zero-order valence-electron chi connectivity index (χ0n) is 13.0. The Bertz CT molecular complexity index is 322. The SMILES string of the molecule is CCOC(=O)C(CC(CCC(=O)OC)OC)C(=O)OCC. The Morgan fingerprint density at radius 3 is 1.86 bits per heavy atom. The molecule has 0 bridgehead atoms. The third-order valence-corrected chi connectivity index (χ3v) is 2.87. The van der Waals surface area contributed by atoms with Gasteiger partial charge in [-0.1, -0.05) is 0 Å². The van der Waals surface area contributed by atoms with E-state index in [1.165, 1.54) is 14.2 Å². The highest BCUT2D eigenvalue weighted by Crippen LogP contribution is 2.17. The van der Waals surface area contributed by atoms with Crippen LogP contribution in [0.2, 0.25) is 0 Å². The lowest BCUT2D eigenvalue weighted by atomic mass is 9.98. The number of ether oxygens (including phenoxy) is 4. The van der Waals surface area contributed by atoms with Crippen molar-refractivity contribution < 1.29 is 33.3 Å². The summed E-state index contributed by atoms with van der Waals surface area (Å²) < 4.78 is 19.5. The van der Waals surface area contributed by atoms with Gasteiger partial charge in [0, 0.05) is 13.5 Å². The zero-order valence-corrected chi connectivity index (χ0v) is 13.0. The Labute approximate surface area is 124 Å². The van der Waals surface area contributed by atoms with Crippen LogP contribution >= 0.6 is 0 Å². The van der Waals surface area contributed by atoms with Crippen LogP contribution in [0, 0.1) is 5.92 Å². The maximum absolute atomic E-state index is 11.8. The summed E-state index contributed by atoms with van der Waals surface area (Å²) in [6.07, 6.45) is 0.153. The highest BCUT2D eigenvalue weighted by molar-refractivity contribution is 5.94. The highest BCUT2D eigenvalue weighted by Gasteiger charge is 2.32. The minimum atomic E-state index is -1.05. The molecule has 21 heavy (non-hydrogen) atoms. The number of esters is 3. The van der Waals surface area contributed by atoms with Gasteiger partial charge in [-0.25, -0.2) is 0 Å². The maximum Gasteiger partial charge on any atom is 0.320 e. The molecule has 0 aromatic heterocycles. The lowest BCUT2D eigenvalue weighted by molar-refractivity contribution is -0.163. The molecule has 0 amide bonds. The van der Waals surface area contributed by atoms with Crippen LogP contribution in [-0.2, 0) is 33.3 Å². The van der Waals surface area contributed by atoms with E-state index in [2.05, 4.69) is 4.74 Å². The van der Waals surface area contributed by atoms with Crippen LogP contribution in [0.25, 0.3) is 0 Å². The molecule has 122 valence electrons. The molecule has 0 aliphatic carbocycles. The largest absolute Gasteiger partial charge is 0.469 e. The van der Waals surface area contributed by atoms with Crippen LogP contribution < -0.4 is 0 Å². The minimum Gasteiger partial charge on any atom is -0.469 e. The van der Waals surface area contributed by atoms with Gasteiger partial charge in [-0.3, -0.25) is 14.4 Å². The molecule has 0 rings (SSSR count). The minimum absolute atomic E-state index is 0.102. The molecule has 7 nitrogen and oxygen atoms in total. The van der Waals surface area contributed by atoms with Crippen molar-refractivity contribution >= 4 is 17.9 Å². The van der Waals surface area contributed by atoms with E-state index in [1.54, 1.807) is 13.8 Å². The summed E-state index contributed by atoms with van der Waals surface area (Å²) in [6, 6.07) is 0. The van der Waals surface area contributed by atoms with E-state index in [0.717, 1.165) is 0 Å². The summed E-state index contributed by atoms with van der Waals surface area (Å²) in [5, 5.41) is 0. The Hall–Kier alpha value is -1.63. The molecule has 1 atom stereocenters. The lowest BCUT2D eigenvalue weighted by Crippen LogP contribution is -2.32. The van der Waals surface area contributed by atoms with E-state index < -0.39 is 24.0 Å². The van der Waals surface area contributed by atoms with E-state index in [9.17, 15) is 14.4 Å². The molecule has 1 unspecified atom stereocenters. The van der Waals surface area contributed by atoms with Crippen molar-refractivity contribution in [3.63, 3.8) is 0 Å². The van der Waals surface area contributed by atoms with Crippen LogP contribution in [0.5, 0.6) is 0 Å². The second-order valence-corrected chi connectivity index (χ2v) is 4.26. The second kappa shape index (κ2) is 11.1. The van der Waals surface area contributed by atoms with Crippen LogP contribution in [0.15, 0.2) is 0 Å². The first-order chi connectivity index (χ1) is 9.99. The molecule has 0 aliphatic heterocycles. The number of carbonyl (C=O) groups excluding carboxylic acids is 3. The van der Waals surface area contributed by atoms with Gasteiger partial charge >= 0.3 is 17.9 Å². The van der Waals surface area contributed by atoms with Gasteiger partial charge in [0.15, 0.2) is 5.92 Å². The van der Waals surface area contributed by atoms with Gasteiger partial charge in [0.1, 0.15) is 0 Å². The molecule has 0 saturated heterocycles. The normalized spacial score (nSPS) is 11.9. The van der Waals surface area contributed by atoms with Crippen molar-refractivity contribution in [2.45, 2.75) is 39.2 Å². The van der Waals surface area contributed by atoms with E-state index in [0.29, 0.717) is 6.42 Å². The second-order valence-electron chi connectivity index (χ2n) is 4.26. The average Bonchev–Trinajstić information content (AvgIpc) is 2.47. The topological polar surface area (TPSA) is 88.1 Å². The summed E-state index contributed by atoms with van der Waals surface area (Å²) in [5.74, 6) is -2.71. The first-order valence-corrected chi connectivity index (χ1v) is 6.92. The molecular weight excluding hydrogens is 280 g/mol. The van der Waals surface area contributed by atoms with Crippen molar-refractivity contribution in [2.24, 2.45) is 5.92 Å². The molecule has 0 aliphatic rings. The van der Waals surface area contributed by atoms with Crippen LogP contribution in [0.4, 0.5) is 0 Å². The molecule has 0 heterocycles. The van der Waals surface area contributed by atoms with Gasteiger partial charge in [-0.05, 0) is 26.7 Å². The van der Waals surface area contributed by atoms with E-state index >= 15 is 0 Å². The standard InChI is InChI=1S/C14H24O7/c1-5-20-13(16)11(14(17)21-6-2)9-10(18-3)7-8-12(15)19-4/h10-11H,5-9H2,1-4H3. The van der Waals surface area contributed by atoms with Gasteiger partial charge in [-0.2, -0.15) is 0 Å². The zero-order chi connectivity index (χ0) is 16.3. The fourth-order valence-electron chi connectivity index (χ4n) is 1.75. The molecule has 7 heteroatoms. The maximum atomic E-state index is 11.8. The van der Waals surface area contributed by atoms with Gasteiger partial charge < -0.3 is 18.9 Å². The predicted molar refractivity (Wildman–Crippen MR) is 73.4 cm³/mol. The average molecular weight is 304 g/mol. The fraction of sp³-hybridized carbons (Fsp3) is 0.786. The summed E-state index contributed by atoms with van der Waals surface area (Å²) in [6.45, 7) is 3.67. The smallest absolute Gasteiger partial charge is 0.320 e. The number of rotatable bonds is 10. The quantitative estimate of drug-likeness (QED) is 0.339. The summed E-state index contributed by atoms with van der Waals surface area (Å²) >= 11 is 0. The molecule has 0 saturated carbocycles. The van der Waals surface area contributed by atoms with Gasteiger partial charge in [0.05, 0.1) is 26.4 Å². The van der Waals surface area contributed by atoms with Gasteiger partial charge in [0.2, 0.25) is 0 Å². The third-order valence-electron chi connectivity index (χ3n) is 2.87. The number of hydrogen-bond donors (Lipinski definition) is 0. The molecule has 0 N–H and O–H groups in total. The van der Waals surface area contributed by atoms with Crippen molar-refractivity contribution in [1.82, 2.24) is 0 Å². The van der Waals surface area contributed by atoms with Crippen molar-refractivity contribution in [2.75, 3.05) is 27.4 Å². The first-order valence-electron chi connectivity index (χ1n) is 6.92. The predicted octanol–water partition coefficient (Wildman–Crippen LogP) is 1.09. The van der Waals surface area contributed by atoms with Crippen molar-refractivity contribution in [3.05, 3.63) is 0 Å². The lowest BCUT2D eigenvalue weighted by Gasteiger charge is -2.20. The Balaban J connectivity index is 4.70. The highest BCUT2D eigenvalue weighted by atomic mass is 16.6. The van der Waals surface area contributed by atoms with Gasteiger partial charge in [0.25, 0.3) is 0 Å². The summed E-state index contributed by atoms with van der Waals surface area (Å²) in [5.41, 5.74) is 0. The monoisotopic (exact) mass is 304 g/mol. The van der Waals surface area contributed by atoms with Gasteiger partial charge in [-0.15, -0.1) is 0 Å². The Morgan fingerprint density at radius 1 is 0.952 bits per heavy atom. The Kier molecular flexibility index (Phi) is 10.2. The molecule has 0 radical (unpaired) electrons. The first kappa shape index (κ1) is 19.4. The summed E-state index contributed by atoms with van der Waals surface area (Å²) in [4.78, 5) is 34.8. The molecule has 0 aromatic rings. The molecule has 0 fully saturated rings. The van der Waals surface area contributed by atoms with Crippen LogP contribution in [0.1, 0.15) is 33.1 Å². The third kappa shape index (κ3) is 7.65. The van der Waals surface area contributed by atoms with Crippen LogP contribution in [-0.4, -0.2) is 51.4 Å². The molecule has 0 spiro atoms. The number of hydrogen-bond acceptors (Lipinski definition) is 7. The van der Waals surface area contributed by atoms with E-state index in [-0.39, 0.29) is 32.0 Å². The van der Waals surface area contributed by atoms with E-state index in [4.69, 9.17) is 14.2 Å². The van der Waals surface area contributed by atoms with Crippen molar-refractivity contribution in [3.8, 4) is 0 Å². The van der Waals surface area contributed by atoms with Crippen LogP contribution in [0.3, 0.4) is 0 Å². The van der Waals surface area contributed by atoms with E-state index in [1.807, 2.05) is 0 Å². The van der Waals surface area contributed by atoms with Crippen molar-refractivity contribution in [1.29, 1.82) is 0 Å². The number of carbonyl (C=O) groups is 3. The Morgan fingerprint density at radius 2 is 1.48 bits per heavy atom. The summed E-state index contributed by atoms with van der Waals surface area (Å²) in [7, 11) is 2.75. The number of methoxy groups -OCH3 is 2. The fourth-order valence-corrected chi connectivity index (χ4v) is 1.75. The molecule has 0 aromatic carbocycles.